The highest BCUT2D eigenvalue weighted by atomic mass is 16.6. The van der Waals surface area contributed by atoms with Crippen LogP contribution < -0.4 is 10.1 Å². The largest absolute Gasteiger partial charge is 0.497 e. The summed E-state index contributed by atoms with van der Waals surface area (Å²) < 4.78 is 16.4. The maximum Gasteiger partial charge on any atom is 0.339 e. The van der Waals surface area contributed by atoms with Gasteiger partial charge in [-0.3, -0.25) is 4.79 Å². The van der Waals surface area contributed by atoms with Crippen LogP contribution in [0.2, 0.25) is 0 Å². The molecular weight excluding hydrogens is 382 g/mol. The van der Waals surface area contributed by atoms with Gasteiger partial charge in [0.05, 0.1) is 12.7 Å². The van der Waals surface area contributed by atoms with Crippen molar-refractivity contribution in [1.82, 2.24) is 5.32 Å². The molecule has 2 aliphatic rings. The molecular formula is C24H27NO5. The number of esters is 1. The molecule has 0 spiro atoms. The molecule has 1 atom stereocenters. The van der Waals surface area contributed by atoms with Crippen LogP contribution in [0.1, 0.15) is 41.3 Å². The molecule has 2 aromatic carbocycles. The maximum absolute atomic E-state index is 13.2. The molecule has 0 radical (unpaired) electrons. The van der Waals surface area contributed by atoms with Gasteiger partial charge in [-0.25, -0.2) is 4.79 Å². The van der Waals surface area contributed by atoms with Gasteiger partial charge in [-0.15, -0.1) is 0 Å². The third-order valence-corrected chi connectivity index (χ3v) is 6.30. The zero-order valence-corrected chi connectivity index (χ0v) is 17.4. The van der Waals surface area contributed by atoms with Crippen molar-refractivity contribution in [2.75, 3.05) is 26.9 Å². The lowest BCUT2D eigenvalue weighted by Gasteiger charge is -2.39. The van der Waals surface area contributed by atoms with E-state index in [0.717, 1.165) is 29.7 Å². The number of carbonyl (C=O) groups excluding carboxylic acids is 2. The van der Waals surface area contributed by atoms with Crippen molar-refractivity contribution in [3.05, 3.63) is 65.2 Å². The zero-order valence-electron chi connectivity index (χ0n) is 17.4. The number of ether oxygens (including phenoxy) is 3. The summed E-state index contributed by atoms with van der Waals surface area (Å²) in [6.07, 6.45) is 1.97. The van der Waals surface area contributed by atoms with Crippen LogP contribution in [0, 0.1) is 0 Å². The molecule has 158 valence electrons. The Hall–Kier alpha value is -2.86. The van der Waals surface area contributed by atoms with Gasteiger partial charge in [-0.05, 0) is 49.1 Å². The number of hydrogen-bond acceptors (Lipinski definition) is 5. The van der Waals surface area contributed by atoms with Gasteiger partial charge in [0.25, 0.3) is 5.91 Å². The molecule has 6 nitrogen and oxygen atoms in total. The van der Waals surface area contributed by atoms with E-state index in [1.165, 1.54) is 0 Å². The Bertz CT molecular complexity index is 933. The molecule has 0 aromatic heterocycles. The summed E-state index contributed by atoms with van der Waals surface area (Å²) in [6.45, 7) is 3.42. The number of cyclic esters (lactones) is 1. The van der Waals surface area contributed by atoms with Crippen LogP contribution in [0.3, 0.4) is 0 Å². The lowest BCUT2D eigenvalue weighted by atomic mass is 9.74. The monoisotopic (exact) mass is 409 g/mol. The van der Waals surface area contributed by atoms with Gasteiger partial charge < -0.3 is 19.5 Å². The summed E-state index contributed by atoms with van der Waals surface area (Å²) in [7, 11) is 1.64. The first-order valence-electron chi connectivity index (χ1n) is 10.3. The molecule has 0 saturated carbocycles. The highest BCUT2D eigenvalue weighted by Gasteiger charge is 2.44. The van der Waals surface area contributed by atoms with Crippen molar-refractivity contribution >= 4 is 11.9 Å². The van der Waals surface area contributed by atoms with Crippen LogP contribution in [-0.2, 0) is 26.1 Å². The first kappa shape index (κ1) is 20.4. The van der Waals surface area contributed by atoms with E-state index in [1.807, 2.05) is 24.3 Å². The van der Waals surface area contributed by atoms with Gasteiger partial charge in [-0.1, -0.05) is 30.3 Å². The normalized spacial score (nSPS) is 22.5. The van der Waals surface area contributed by atoms with Crippen molar-refractivity contribution in [3.8, 4) is 5.75 Å². The molecule has 4 rings (SSSR count). The van der Waals surface area contributed by atoms with E-state index in [-0.39, 0.29) is 11.3 Å². The van der Waals surface area contributed by atoms with E-state index in [1.54, 1.807) is 26.2 Å². The van der Waals surface area contributed by atoms with Crippen LogP contribution in [-0.4, -0.2) is 44.3 Å². The molecule has 6 heteroatoms. The fourth-order valence-corrected chi connectivity index (χ4v) is 4.37. The maximum atomic E-state index is 13.2. The number of carbonyl (C=O) groups is 2. The molecule has 1 saturated heterocycles. The van der Waals surface area contributed by atoms with E-state index >= 15 is 0 Å². The smallest absolute Gasteiger partial charge is 0.339 e. The van der Waals surface area contributed by atoms with Gasteiger partial charge in [0.15, 0.2) is 5.60 Å². The van der Waals surface area contributed by atoms with Crippen LogP contribution in [0.5, 0.6) is 5.75 Å². The molecule has 1 amide bonds. The second-order valence-corrected chi connectivity index (χ2v) is 8.26. The molecule has 1 fully saturated rings. The van der Waals surface area contributed by atoms with E-state index < -0.39 is 11.6 Å². The molecule has 1 unspecified atom stereocenters. The minimum Gasteiger partial charge on any atom is -0.497 e. The van der Waals surface area contributed by atoms with Crippen molar-refractivity contribution in [2.45, 2.75) is 37.2 Å². The van der Waals surface area contributed by atoms with Crippen molar-refractivity contribution < 1.29 is 23.8 Å². The average Bonchev–Trinajstić information content (AvgIpc) is 2.78. The summed E-state index contributed by atoms with van der Waals surface area (Å²) in [5.41, 5.74) is 1.05. The summed E-state index contributed by atoms with van der Waals surface area (Å²) >= 11 is 0. The summed E-state index contributed by atoms with van der Waals surface area (Å²) in [5, 5.41) is 3.08. The van der Waals surface area contributed by atoms with Crippen LogP contribution in [0.15, 0.2) is 48.5 Å². The molecule has 1 N–H and O–H groups in total. The number of benzene rings is 2. The van der Waals surface area contributed by atoms with Gasteiger partial charge in [0.2, 0.25) is 0 Å². The van der Waals surface area contributed by atoms with E-state index in [4.69, 9.17) is 14.2 Å². The molecule has 30 heavy (non-hydrogen) atoms. The molecule has 2 aliphatic heterocycles. The van der Waals surface area contributed by atoms with Crippen LogP contribution in [0.25, 0.3) is 0 Å². The van der Waals surface area contributed by atoms with Gasteiger partial charge in [0, 0.05) is 31.6 Å². The number of hydrogen-bond donors (Lipinski definition) is 1. The quantitative estimate of drug-likeness (QED) is 0.769. The number of fused-ring (bicyclic) bond motifs is 1. The molecule has 2 heterocycles. The lowest BCUT2D eigenvalue weighted by Crippen LogP contribution is -2.54. The van der Waals surface area contributed by atoms with Gasteiger partial charge in [-0.2, -0.15) is 0 Å². The third kappa shape index (κ3) is 3.79. The predicted molar refractivity (Wildman–Crippen MR) is 112 cm³/mol. The minimum atomic E-state index is -1.22. The summed E-state index contributed by atoms with van der Waals surface area (Å²) in [4.78, 5) is 25.6. The first-order valence-corrected chi connectivity index (χ1v) is 10.3. The standard InChI is InChI=1S/C24H27NO5/c1-23(15-17-5-3-4-6-20(17)21(26)30-23)22(27)25-16-24(11-13-29-14-12-24)18-7-9-19(28-2)10-8-18/h3-10H,11-16H2,1-2H3,(H,25,27). The number of nitrogens with one attached hydrogen (secondary N) is 1. The SMILES string of the molecule is COc1ccc(C2(CNC(=O)C3(C)Cc4ccccc4C(=O)O3)CCOCC2)cc1. The summed E-state index contributed by atoms with van der Waals surface area (Å²) in [6, 6.07) is 15.3. The van der Waals surface area contributed by atoms with Crippen molar-refractivity contribution in [2.24, 2.45) is 0 Å². The second-order valence-electron chi connectivity index (χ2n) is 8.26. The molecule has 0 bridgehead atoms. The van der Waals surface area contributed by atoms with E-state index in [2.05, 4.69) is 17.4 Å². The lowest BCUT2D eigenvalue weighted by molar-refractivity contribution is -0.140. The minimum absolute atomic E-state index is 0.229. The van der Waals surface area contributed by atoms with E-state index in [9.17, 15) is 9.59 Å². The van der Waals surface area contributed by atoms with Crippen LogP contribution in [0.4, 0.5) is 0 Å². The molecule has 0 aliphatic carbocycles. The van der Waals surface area contributed by atoms with Crippen molar-refractivity contribution in [1.29, 1.82) is 0 Å². The van der Waals surface area contributed by atoms with Gasteiger partial charge >= 0.3 is 5.97 Å². The van der Waals surface area contributed by atoms with Gasteiger partial charge in [0.1, 0.15) is 5.75 Å². The Labute approximate surface area is 176 Å². The zero-order chi connectivity index (χ0) is 21.2. The Kier molecular flexibility index (Phi) is 5.52. The number of methoxy groups -OCH3 is 1. The van der Waals surface area contributed by atoms with E-state index in [0.29, 0.717) is 31.7 Å². The Morgan fingerprint density at radius 1 is 1.10 bits per heavy atom. The first-order chi connectivity index (χ1) is 14.5. The fraction of sp³-hybridized carbons (Fsp3) is 0.417. The fourth-order valence-electron chi connectivity index (χ4n) is 4.37. The predicted octanol–water partition coefficient (Wildman–Crippen LogP) is 3.03. The average molecular weight is 409 g/mol. The van der Waals surface area contributed by atoms with Crippen LogP contribution >= 0.6 is 0 Å². The Morgan fingerprint density at radius 3 is 2.50 bits per heavy atom. The number of amides is 1. The highest BCUT2D eigenvalue weighted by Crippen LogP contribution is 2.36. The molecule has 2 aromatic rings. The third-order valence-electron chi connectivity index (χ3n) is 6.30. The van der Waals surface area contributed by atoms with Crippen molar-refractivity contribution in [3.63, 3.8) is 0 Å². The topological polar surface area (TPSA) is 73.9 Å². The Morgan fingerprint density at radius 2 is 1.80 bits per heavy atom. The second kappa shape index (κ2) is 8.11. The summed E-state index contributed by atoms with van der Waals surface area (Å²) in [5.74, 6) is 0.0699. The number of rotatable bonds is 5. The Balaban J connectivity index is 1.52. The highest BCUT2D eigenvalue weighted by molar-refractivity contribution is 5.97.